The fourth-order valence-corrected chi connectivity index (χ4v) is 5.21. The first-order valence-electron chi connectivity index (χ1n) is 11.9. The summed E-state index contributed by atoms with van der Waals surface area (Å²) in [5, 5.41) is 4.47. The van der Waals surface area contributed by atoms with Crippen LogP contribution in [-0.2, 0) is 18.4 Å². The average molecular weight is 427 g/mol. The van der Waals surface area contributed by atoms with Crippen molar-refractivity contribution >= 4 is 16.8 Å². The highest BCUT2D eigenvalue weighted by molar-refractivity contribution is 5.85. The summed E-state index contributed by atoms with van der Waals surface area (Å²) in [6.07, 6.45) is 7.81. The van der Waals surface area contributed by atoms with Crippen molar-refractivity contribution in [1.82, 2.24) is 19.7 Å². The summed E-state index contributed by atoms with van der Waals surface area (Å²) in [5.74, 6) is 1.31. The summed E-state index contributed by atoms with van der Waals surface area (Å²) in [6.45, 7) is 8.40. The minimum atomic E-state index is 0.158. The van der Waals surface area contributed by atoms with E-state index in [1.165, 1.54) is 42.4 Å². The highest BCUT2D eigenvalue weighted by Gasteiger charge is 2.26. The van der Waals surface area contributed by atoms with E-state index in [9.17, 15) is 4.79 Å². The van der Waals surface area contributed by atoms with Crippen LogP contribution >= 0.6 is 0 Å². The maximum atomic E-state index is 12.7. The van der Waals surface area contributed by atoms with Crippen LogP contribution in [0.25, 0.3) is 10.9 Å². The van der Waals surface area contributed by atoms with Gasteiger partial charge < -0.3 is 19.5 Å². The Balaban J connectivity index is 1.24. The van der Waals surface area contributed by atoms with E-state index in [-0.39, 0.29) is 11.8 Å². The van der Waals surface area contributed by atoms with Gasteiger partial charge in [-0.15, -0.1) is 0 Å². The van der Waals surface area contributed by atoms with Crippen molar-refractivity contribution in [2.75, 3.05) is 39.8 Å². The van der Waals surface area contributed by atoms with E-state index in [1.54, 1.807) is 7.11 Å². The second kappa shape index (κ2) is 10.0. The topological polar surface area (TPSA) is 49.7 Å². The number of hydrogen-bond donors (Lipinski definition) is 1. The van der Waals surface area contributed by atoms with Crippen LogP contribution in [0.1, 0.15) is 44.6 Å². The predicted octanol–water partition coefficient (Wildman–Crippen LogP) is 3.39. The SMILES string of the molecule is COc1ccc2c(c1)c(CN1CCC(C(=O)NCC[C@@H](C)N3CCCC3)CC1)cn2C. The molecule has 0 spiro atoms. The van der Waals surface area contributed by atoms with Crippen molar-refractivity contribution in [2.45, 2.75) is 51.6 Å². The molecule has 2 aliphatic heterocycles. The fourth-order valence-electron chi connectivity index (χ4n) is 5.21. The molecule has 0 unspecified atom stereocenters. The molecule has 1 aromatic heterocycles. The molecule has 3 heterocycles. The Labute approximate surface area is 186 Å². The molecule has 6 heteroatoms. The molecule has 2 fully saturated rings. The van der Waals surface area contributed by atoms with Gasteiger partial charge in [0.25, 0.3) is 0 Å². The zero-order valence-corrected chi connectivity index (χ0v) is 19.4. The van der Waals surface area contributed by atoms with Crippen LogP contribution in [0.3, 0.4) is 0 Å². The molecule has 1 N–H and O–H groups in total. The standard InChI is InChI=1S/C25H38N4O2/c1-19(29-12-4-5-13-29)8-11-26-25(30)20-9-14-28(15-10-20)18-21-17-27(2)24-7-6-22(31-3)16-23(21)24/h6-7,16-17,19-20H,4-5,8-15,18H2,1-3H3,(H,26,30)/t19-/m1/s1. The van der Waals surface area contributed by atoms with Gasteiger partial charge in [0.2, 0.25) is 5.91 Å². The van der Waals surface area contributed by atoms with E-state index in [1.807, 2.05) is 6.07 Å². The van der Waals surface area contributed by atoms with Gasteiger partial charge in [-0.3, -0.25) is 9.69 Å². The molecule has 170 valence electrons. The van der Waals surface area contributed by atoms with Crippen molar-refractivity contribution in [2.24, 2.45) is 13.0 Å². The third-order valence-corrected chi connectivity index (χ3v) is 7.26. The molecule has 6 nitrogen and oxygen atoms in total. The Morgan fingerprint density at radius 3 is 2.65 bits per heavy atom. The molecule has 0 radical (unpaired) electrons. The lowest BCUT2D eigenvalue weighted by molar-refractivity contribution is -0.126. The van der Waals surface area contributed by atoms with E-state index in [4.69, 9.17) is 4.74 Å². The van der Waals surface area contributed by atoms with E-state index >= 15 is 0 Å². The lowest BCUT2D eigenvalue weighted by Gasteiger charge is -2.31. The molecular formula is C25H38N4O2. The monoisotopic (exact) mass is 426 g/mol. The molecule has 0 bridgehead atoms. The molecule has 1 atom stereocenters. The number of ether oxygens (including phenoxy) is 1. The van der Waals surface area contributed by atoms with Crippen LogP contribution in [0.2, 0.25) is 0 Å². The number of rotatable bonds is 8. The molecular weight excluding hydrogens is 388 g/mol. The lowest BCUT2D eigenvalue weighted by Crippen LogP contribution is -2.41. The number of piperidine rings is 1. The normalized spacial score (nSPS) is 19.7. The number of carbonyl (C=O) groups excluding carboxylic acids is 1. The number of fused-ring (bicyclic) bond motifs is 1. The summed E-state index contributed by atoms with van der Waals surface area (Å²) in [4.78, 5) is 17.7. The number of carbonyl (C=O) groups is 1. The first-order chi connectivity index (χ1) is 15.0. The molecule has 2 saturated heterocycles. The zero-order chi connectivity index (χ0) is 21.8. The van der Waals surface area contributed by atoms with Gasteiger partial charge in [-0.2, -0.15) is 0 Å². The minimum absolute atomic E-state index is 0.158. The number of likely N-dealkylation sites (tertiary alicyclic amines) is 2. The van der Waals surface area contributed by atoms with Crippen LogP contribution in [-0.4, -0.2) is 66.1 Å². The highest BCUT2D eigenvalue weighted by Crippen LogP contribution is 2.28. The summed E-state index contributed by atoms with van der Waals surface area (Å²) < 4.78 is 7.61. The first-order valence-corrected chi connectivity index (χ1v) is 11.9. The number of nitrogens with zero attached hydrogens (tertiary/aromatic N) is 3. The number of methoxy groups -OCH3 is 1. The largest absolute Gasteiger partial charge is 0.497 e. The Bertz CT molecular complexity index is 879. The fraction of sp³-hybridized carbons (Fsp3) is 0.640. The smallest absolute Gasteiger partial charge is 0.223 e. The second-order valence-corrected chi connectivity index (χ2v) is 9.37. The number of hydrogen-bond acceptors (Lipinski definition) is 4. The van der Waals surface area contributed by atoms with Crippen molar-refractivity contribution in [3.8, 4) is 5.75 Å². The lowest BCUT2D eigenvalue weighted by atomic mass is 9.95. The van der Waals surface area contributed by atoms with Crippen molar-refractivity contribution in [3.05, 3.63) is 30.0 Å². The molecule has 2 aliphatic rings. The molecule has 2 aromatic rings. The quantitative estimate of drug-likeness (QED) is 0.703. The number of nitrogens with one attached hydrogen (secondary N) is 1. The summed E-state index contributed by atoms with van der Waals surface area (Å²) in [5.41, 5.74) is 2.56. The molecule has 1 amide bonds. The number of aryl methyl sites for hydroxylation is 1. The van der Waals surface area contributed by atoms with Gasteiger partial charge in [0.05, 0.1) is 7.11 Å². The molecule has 4 rings (SSSR count). The zero-order valence-electron chi connectivity index (χ0n) is 19.4. The van der Waals surface area contributed by atoms with Gasteiger partial charge in [-0.05, 0) is 89.0 Å². The summed E-state index contributed by atoms with van der Waals surface area (Å²) >= 11 is 0. The third kappa shape index (κ3) is 5.24. The van der Waals surface area contributed by atoms with E-state index < -0.39 is 0 Å². The Morgan fingerprint density at radius 1 is 1.19 bits per heavy atom. The average Bonchev–Trinajstić information content (AvgIpc) is 3.43. The van der Waals surface area contributed by atoms with Crippen molar-refractivity contribution in [3.63, 3.8) is 0 Å². The van der Waals surface area contributed by atoms with Crippen LogP contribution in [0.5, 0.6) is 5.75 Å². The van der Waals surface area contributed by atoms with Crippen LogP contribution in [0.15, 0.2) is 24.4 Å². The highest BCUT2D eigenvalue weighted by atomic mass is 16.5. The number of amides is 1. The number of benzene rings is 1. The summed E-state index contributed by atoms with van der Waals surface area (Å²) in [7, 11) is 3.81. The van der Waals surface area contributed by atoms with Crippen molar-refractivity contribution < 1.29 is 9.53 Å². The maximum Gasteiger partial charge on any atom is 0.223 e. The third-order valence-electron chi connectivity index (χ3n) is 7.26. The van der Waals surface area contributed by atoms with E-state index in [2.05, 4.69) is 52.0 Å². The maximum absolute atomic E-state index is 12.7. The van der Waals surface area contributed by atoms with Gasteiger partial charge in [0, 0.05) is 49.2 Å². The minimum Gasteiger partial charge on any atom is -0.497 e. The van der Waals surface area contributed by atoms with Crippen LogP contribution < -0.4 is 10.1 Å². The number of aromatic nitrogens is 1. The van der Waals surface area contributed by atoms with Gasteiger partial charge >= 0.3 is 0 Å². The molecule has 1 aromatic carbocycles. The van der Waals surface area contributed by atoms with Gasteiger partial charge in [0.15, 0.2) is 0 Å². The molecule has 31 heavy (non-hydrogen) atoms. The van der Waals surface area contributed by atoms with Gasteiger partial charge in [-0.1, -0.05) is 0 Å². The van der Waals surface area contributed by atoms with Crippen LogP contribution in [0, 0.1) is 5.92 Å². The predicted molar refractivity (Wildman–Crippen MR) is 125 cm³/mol. The molecule has 0 aliphatic carbocycles. The Morgan fingerprint density at radius 2 is 1.94 bits per heavy atom. The summed E-state index contributed by atoms with van der Waals surface area (Å²) in [6, 6.07) is 6.85. The van der Waals surface area contributed by atoms with Crippen LogP contribution in [0.4, 0.5) is 0 Å². The van der Waals surface area contributed by atoms with E-state index in [0.717, 1.165) is 51.2 Å². The molecule has 0 saturated carbocycles. The van der Waals surface area contributed by atoms with E-state index in [0.29, 0.717) is 6.04 Å². The second-order valence-electron chi connectivity index (χ2n) is 9.37. The Kier molecular flexibility index (Phi) is 7.18. The van der Waals surface area contributed by atoms with Crippen molar-refractivity contribution in [1.29, 1.82) is 0 Å². The first kappa shape index (κ1) is 22.2. The Hall–Kier alpha value is -2.05. The van der Waals surface area contributed by atoms with Gasteiger partial charge in [0.1, 0.15) is 5.75 Å². The van der Waals surface area contributed by atoms with Gasteiger partial charge in [-0.25, -0.2) is 0 Å².